The van der Waals surface area contributed by atoms with Crippen molar-refractivity contribution >= 4 is 17.7 Å². The molecule has 2 heterocycles. The Hall–Kier alpha value is -2.89. The van der Waals surface area contributed by atoms with Gasteiger partial charge in [0.1, 0.15) is 5.41 Å². The van der Waals surface area contributed by atoms with Crippen LogP contribution in [0.25, 0.3) is 6.08 Å². The summed E-state index contributed by atoms with van der Waals surface area (Å²) in [5, 5.41) is 0. The van der Waals surface area contributed by atoms with Gasteiger partial charge in [-0.2, -0.15) is 0 Å². The molecule has 0 aromatic heterocycles. The van der Waals surface area contributed by atoms with Gasteiger partial charge in [-0.25, -0.2) is 0 Å². The zero-order chi connectivity index (χ0) is 16.7. The Morgan fingerprint density at radius 1 is 1.04 bits per heavy atom. The van der Waals surface area contributed by atoms with Crippen LogP contribution in [0.2, 0.25) is 0 Å². The predicted octanol–water partition coefficient (Wildman–Crippen LogP) is 3.30. The molecule has 3 aliphatic rings. The number of anilines is 1. The fraction of sp³-hybridized carbons (Fsp3) is 0.167. The van der Waals surface area contributed by atoms with E-state index >= 15 is 0 Å². The molecule has 1 amide bonds. The van der Waals surface area contributed by atoms with Gasteiger partial charge in [-0.15, -0.1) is 8.78 Å². The second-order valence-electron chi connectivity index (χ2n) is 6.08. The molecule has 0 fully saturated rings. The molecule has 1 unspecified atom stereocenters. The third kappa shape index (κ3) is 1.43. The van der Waals surface area contributed by atoms with Crippen LogP contribution in [0.4, 0.5) is 14.5 Å². The third-order valence-corrected chi connectivity index (χ3v) is 4.85. The highest BCUT2D eigenvalue weighted by molar-refractivity contribution is 6.14. The largest absolute Gasteiger partial charge is 0.586 e. The number of hydrogen-bond donors (Lipinski definition) is 0. The van der Waals surface area contributed by atoms with E-state index in [1.807, 2.05) is 36.4 Å². The molecule has 2 aliphatic heterocycles. The van der Waals surface area contributed by atoms with Crippen molar-refractivity contribution < 1.29 is 23.0 Å². The van der Waals surface area contributed by atoms with Crippen LogP contribution in [0.1, 0.15) is 16.7 Å². The standard InChI is InChI=1S/C18H11F2NO3/c1-21-13-9-15-14(23-18(19,20)24-15)8-12(13)17(16(21)22)7-6-10-4-2-3-5-11(10)17/h2-9H,1H3. The minimum absolute atomic E-state index is 0.0565. The number of carbonyl (C=O) groups excluding carboxylic acids is 1. The minimum atomic E-state index is -3.68. The predicted molar refractivity (Wildman–Crippen MR) is 82.3 cm³/mol. The monoisotopic (exact) mass is 327 g/mol. The Balaban J connectivity index is 1.79. The van der Waals surface area contributed by atoms with Gasteiger partial charge in [0, 0.05) is 18.7 Å². The molecular weight excluding hydrogens is 316 g/mol. The molecule has 0 saturated heterocycles. The van der Waals surface area contributed by atoms with Crippen molar-refractivity contribution in [2.75, 3.05) is 11.9 Å². The molecular formula is C18H11F2NO3. The maximum atomic E-state index is 13.4. The van der Waals surface area contributed by atoms with Crippen molar-refractivity contribution in [3.63, 3.8) is 0 Å². The van der Waals surface area contributed by atoms with Crippen molar-refractivity contribution in [2.24, 2.45) is 0 Å². The lowest BCUT2D eigenvalue weighted by Crippen LogP contribution is -2.37. The van der Waals surface area contributed by atoms with E-state index in [1.165, 1.54) is 17.0 Å². The zero-order valence-corrected chi connectivity index (χ0v) is 12.5. The van der Waals surface area contributed by atoms with E-state index < -0.39 is 11.7 Å². The molecule has 120 valence electrons. The Bertz CT molecular complexity index is 953. The van der Waals surface area contributed by atoms with Crippen molar-refractivity contribution in [3.8, 4) is 11.5 Å². The number of carbonyl (C=O) groups is 1. The molecule has 0 saturated carbocycles. The van der Waals surface area contributed by atoms with Gasteiger partial charge >= 0.3 is 6.29 Å². The fourth-order valence-electron chi connectivity index (χ4n) is 3.80. The van der Waals surface area contributed by atoms with Crippen LogP contribution in [0.15, 0.2) is 42.5 Å². The summed E-state index contributed by atoms with van der Waals surface area (Å²) in [4.78, 5) is 14.5. The Morgan fingerprint density at radius 3 is 2.54 bits per heavy atom. The van der Waals surface area contributed by atoms with Crippen molar-refractivity contribution in [1.82, 2.24) is 0 Å². The first kappa shape index (κ1) is 13.5. The molecule has 0 N–H and O–H groups in total. The van der Waals surface area contributed by atoms with Gasteiger partial charge in [0.15, 0.2) is 11.5 Å². The molecule has 2 aromatic carbocycles. The summed E-state index contributed by atoms with van der Waals surface area (Å²) in [6, 6.07) is 10.5. The van der Waals surface area contributed by atoms with Crippen LogP contribution < -0.4 is 14.4 Å². The van der Waals surface area contributed by atoms with Gasteiger partial charge in [0.05, 0.1) is 5.69 Å². The fourth-order valence-corrected chi connectivity index (χ4v) is 3.80. The lowest BCUT2D eigenvalue weighted by Gasteiger charge is -2.22. The zero-order valence-electron chi connectivity index (χ0n) is 12.5. The molecule has 2 aromatic rings. The number of hydrogen-bond acceptors (Lipinski definition) is 3. The summed E-state index contributed by atoms with van der Waals surface area (Å²) in [6.45, 7) is 0. The highest BCUT2D eigenvalue weighted by Gasteiger charge is 2.54. The van der Waals surface area contributed by atoms with Crippen molar-refractivity contribution in [1.29, 1.82) is 0 Å². The maximum Gasteiger partial charge on any atom is 0.586 e. The van der Waals surface area contributed by atoms with Crippen molar-refractivity contribution in [3.05, 3.63) is 59.2 Å². The van der Waals surface area contributed by atoms with Gasteiger partial charge in [-0.3, -0.25) is 4.79 Å². The quantitative estimate of drug-likeness (QED) is 0.745. The van der Waals surface area contributed by atoms with Crippen LogP contribution in [-0.2, 0) is 10.2 Å². The van der Waals surface area contributed by atoms with Gasteiger partial charge < -0.3 is 14.4 Å². The summed E-state index contributed by atoms with van der Waals surface area (Å²) >= 11 is 0. The van der Waals surface area contributed by atoms with E-state index in [0.717, 1.165) is 11.1 Å². The molecule has 0 radical (unpaired) electrons. The van der Waals surface area contributed by atoms with E-state index in [-0.39, 0.29) is 17.4 Å². The summed E-state index contributed by atoms with van der Waals surface area (Å²) < 4.78 is 35.8. The van der Waals surface area contributed by atoms with E-state index in [0.29, 0.717) is 11.3 Å². The van der Waals surface area contributed by atoms with Gasteiger partial charge in [0.25, 0.3) is 0 Å². The number of likely N-dealkylation sites (N-methyl/N-ethyl adjacent to an activating group) is 1. The number of fused-ring (bicyclic) bond motifs is 5. The molecule has 5 rings (SSSR count). The summed E-state index contributed by atoms with van der Waals surface area (Å²) in [5.41, 5.74) is 1.94. The van der Waals surface area contributed by atoms with Gasteiger partial charge in [0.2, 0.25) is 5.91 Å². The lowest BCUT2D eigenvalue weighted by molar-refractivity contribution is -0.286. The van der Waals surface area contributed by atoms with Crippen LogP contribution in [0.3, 0.4) is 0 Å². The second kappa shape index (κ2) is 3.95. The number of amides is 1. The first-order valence-corrected chi connectivity index (χ1v) is 7.44. The highest BCUT2D eigenvalue weighted by Crippen LogP contribution is 2.55. The Labute approximate surface area is 135 Å². The first-order valence-electron chi connectivity index (χ1n) is 7.44. The number of alkyl halides is 2. The maximum absolute atomic E-state index is 13.4. The average molecular weight is 327 g/mol. The number of nitrogens with zero attached hydrogens (tertiary/aromatic N) is 1. The highest BCUT2D eigenvalue weighted by atomic mass is 19.3. The van der Waals surface area contributed by atoms with Crippen molar-refractivity contribution in [2.45, 2.75) is 11.7 Å². The molecule has 1 atom stereocenters. The average Bonchev–Trinajstić information content (AvgIpc) is 3.14. The van der Waals surface area contributed by atoms with E-state index in [9.17, 15) is 13.6 Å². The number of halogens is 2. The summed E-state index contributed by atoms with van der Waals surface area (Å²) in [7, 11) is 1.63. The molecule has 1 spiro atoms. The third-order valence-electron chi connectivity index (χ3n) is 4.85. The topological polar surface area (TPSA) is 38.8 Å². The van der Waals surface area contributed by atoms with Crippen LogP contribution in [0.5, 0.6) is 11.5 Å². The first-order chi connectivity index (χ1) is 11.4. The summed E-state index contributed by atoms with van der Waals surface area (Å²) in [6.07, 6.45) is 0.0224. The van der Waals surface area contributed by atoms with Crippen LogP contribution in [-0.4, -0.2) is 19.2 Å². The Kier molecular flexibility index (Phi) is 2.23. The SMILES string of the molecule is CN1C(=O)C2(C=Cc3ccccc32)c2cc3c(cc21)OC(F)(F)O3. The normalized spacial score (nSPS) is 24.6. The minimum Gasteiger partial charge on any atom is -0.395 e. The second-order valence-corrected chi connectivity index (χ2v) is 6.08. The van der Waals surface area contributed by atoms with E-state index in [4.69, 9.17) is 0 Å². The van der Waals surface area contributed by atoms with Crippen LogP contribution >= 0.6 is 0 Å². The molecule has 0 bridgehead atoms. The number of rotatable bonds is 0. The molecule has 24 heavy (non-hydrogen) atoms. The molecule has 4 nitrogen and oxygen atoms in total. The summed E-state index contributed by atoms with van der Waals surface area (Å²) in [5.74, 6) is -0.251. The lowest BCUT2D eigenvalue weighted by atomic mass is 9.77. The van der Waals surface area contributed by atoms with Gasteiger partial charge in [-0.1, -0.05) is 36.4 Å². The molecule has 1 aliphatic carbocycles. The van der Waals surface area contributed by atoms with Gasteiger partial charge in [-0.05, 0) is 17.2 Å². The molecule has 6 heteroatoms. The van der Waals surface area contributed by atoms with Crippen LogP contribution in [0, 0.1) is 0 Å². The number of benzene rings is 2. The van der Waals surface area contributed by atoms with E-state index in [2.05, 4.69) is 9.47 Å². The smallest absolute Gasteiger partial charge is 0.395 e. The Morgan fingerprint density at radius 2 is 1.75 bits per heavy atom. The van der Waals surface area contributed by atoms with E-state index in [1.54, 1.807) is 7.05 Å². The number of ether oxygens (including phenoxy) is 2.